The lowest BCUT2D eigenvalue weighted by molar-refractivity contribution is -0.138. The number of carbonyl (C=O) groups excluding carboxylic acids is 2. The molecule has 0 bridgehead atoms. The van der Waals surface area contributed by atoms with Crippen molar-refractivity contribution in [3.05, 3.63) is 59.7 Å². The highest BCUT2D eigenvalue weighted by Gasteiger charge is 2.28. The Balaban J connectivity index is 0.000000296. The van der Waals surface area contributed by atoms with Crippen LogP contribution in [0.1, 0.15) is 31.7 Å². The van der Waals surface area contributed by atoms with Crippen molar-refractivity contribution in [2.45, 2.75) is 32.2 Å². The molecule has 9 heteroatoms. The van der Waals surface area contributed by atoms with Gasteiger partial charge in [-0.15, -0.1) is 0 Å². The molecule has 2 heterocycles. The number of rotatable bonds is 7. The number of hydrogen-bond donors (Lipinski definition) is 3. The van der Waals surface area contributed by atoms with Crippen LogP contribution >= 0.6 is 0 Å². The third-order valence-electron chi connectivity index (χ3n) is 5.66. The van der Waals surface area contributed by atoms with Crippen molar-refractivity contribution in [2.75, 3.05) is 25.6 Å². The number of aliphatic carboxylic acids is 1. The Bertz CT molecular complexity index is 1050. The SMILES string of the molecule is CC1=C(c2ccccc2N)CCN(C(=O)[C@H](CCC(=O)O)NC=O)C1.c1ccc2c(c1)OCO2. The molecule has 0 fully saturated rings. The van der Waals surface area contributed by atoms with Crippen molar-refractivity contribution in [3.63, 3.8) is 0 Å². The van der Waals surface area contributed by atoms with E-state index in [1.54, 1.807) is 4.90 Å². The summed E-state index contributed by atoms with van der Waals surface area (Å²) in [4.78, 5) is 35.7. The topological polar surface area (TPSA) is 131 Å². The maximum absolute atomic E-state index is 12.6. The molecule has 1 atom stereocenters. The van der Waals surface area contributed by atoms with Crippen molar-refractivity contribution in [2.24, 2.45) is 0 Å². The van der Waals surface area contributed by atoms with E-state index >= 15 is 0 Å². The molecule has 2 aliphatic rings. The average Bonchev–Trinajstić information content (AvgIpc) is 3.31. The van der Waals surface area contributed by atoms with Crippen LogP contribution in [0.4, 0.5) is 5.69 Å². The van der Waals surface area contributed by atoms with Gasteiger partial charge in [0.05, 0.1) is 0 Å². The van der Waals surface area contributed by atoms with Gasteiger partial charge >= 0.3 is 5.97 Å². The summed E-state index contributed by atoms with van der Waals surface area (Å²) in [5, 5.41) is 11.2. The van der Waals surface area contributed by atoms with Crippen molar-refractivity contribution >= 4 is 29.5 Å². The van der Waals surface area contributed by atoms with Gasteiger partial charge in [-0.3, -0.25) is 14.4 Å². The highest BCUT2D eigenvalue weighted by atomic mass is 16.7. The first-order valence-corrected chi connectivity index (χ1v) is 11.0. The monoisotopic (exact) mass is 467 g/mol. The second-order valence-electron chi connectivity index (χ2n) is 7.98. The van der Waals surface area contributed by atoms with Crippen LogP contribution in [0.2, 0.25) is 0 Å². The van der Waals surface area contributed by atoms with E-state index in [1.807, 2.05) is 55.5 Å². The van der Waals surface area contributed by atoms with Crippen molar-refractivity contribution < 1.29 is 29.0 Å². The van der Waals surface area contributed by atoms with Gasteiger partial charge in [0.15, 0.2) is 11.5 Å². The number of amides is 2. The lowest BCUT2D eigenvalue weighted by atomic mass is 9.92. The summed E-state index contributed by atoms with van der Waals surface area (Å²) < 4.78 is 10.2. The summed E-state index contributed by atoms with van der Waals surface area (Å²) in [6.07, 6.45) is 1.00. The first-order chi connectivity index (χ1) is 16.4. The number of ether oxygens (including phenoxy) is 2. The van der Waals surface area contributed by atoms with Gasteiger partial charge < -0.3 is 30.5 Å². The maximum atomic E-state index is 12.6. The van der Waals surface area contributed by atoms with E-state index < -0.39 is 12.0 Å². The highest BCUT2D eigenvalue weighted by molar-refractivity contribution is 5.86. The largest absolute Gasteiger partial charge is 0.481 e. The van der Waals surface area contributed by atoms with Gasteiger partial charge in [0, 0.05) is 30.8 Å². The van der Waals surface area contributed by atoms with Crippen LogP contribution in [0.5, 0.6) is 11.5 Å². The van der Waals surface area contributed by atoms with Gasteiger partial charge in [-0.25, -0.2) is 0 Å². The number of nitrogen functional groups attached to an aromatic ring is 1. The van der Waals surface area contributed by atoms with Gasteiger partial charge in [0.25, 0.3) is 0 Å². The van der Waals surface area contributed by atoms with Gasteiger partial charge in [0.1, 0.15) is 6.04 Å². The molecule has 0 saturated heterocycles. The molecule has 0 saturated carbocycles. The molecular weight excluding hydrogens is 438 g/mol. The van der Waals surface area contributed by atoms with E-state index in [-0.39, 0.29) is 18.7 Å². The Hall–Kier alpha value is -4.01. The first-order valence-electron chi connectivity index (χ1n) is 11.0. The number of nitrogens with two attached hydrogens (primary N) is 1. The molecular formula is C25H29N3O6. The van der Waals surface area contributed by atoms with Gasteiger partial charge in [-0.05, 0) is 43.5 Å². The predicted octanol–water partition coefficient (Wildman–Crippen LogP) is 2.67. The Morgan fingerprint density at radius 3 is 2.38 bits per heavy atom. The minimum absolute atomic E-state index is 0.0741. The van der Waals surface area contributed by atoms with E-state index in [2.05, 4.69) is 5.32 Å². The second-order valence-corrected chi connectivity index (χ2v) is 7.98. The van der Waals surface area contributed by atoms with Crippen molar-refractivity contribution in [1.82, 2.24) is 10.2 Å². The standard InChI is InChI=1S/C18H23N3O4.C7H6O2/c1-12-10-21(18(25)16(20-11-22)6-7-17(23)24)9-8-13(12)14-4-2-3-5-15(14)19;1-2-4-7-6(3-1)8-5-9-7/h2-5,11,16H,6-10,19H2,1H3,(H,20,22)(H,23,24);1-4H,5H2/t16-;/m0./s1. The molecule has 0 spiro atoms. The number of carboxylic acids is 1. The molecule has 2 amide bonds. The molecule has 34 heavy (non-hydrogen) atoms. The van der Waals surface area contributed by atoms with Crippen molar-refractivity contribution in [1.29, 1.82) is 0 Å². The molecule has 4 N–H and O–H groups in total. The predicted molar refractivity (Wildman–Crippen MR) is 127 cm³/mol. The smallest absolute Gasteiger partial charge is 0.303 e. The molecule has 2 aromatic rings. The van der Waals surface area contributed by atoms with Gasteiger partial charge in [-0.2, -0.15) is 0 Å². The van der Waals surface area contributed by atoms with Crippen LogP contribution < -0.4 is 20.5 Å². The Kier molecular flexibility index (Phi) is 8.50. The summed E-state index contributed by atoms with van der Waals surface area (Å²) in [7, 11) is 0. The number of fused-ring (bicyclic) bond motifs is 1. The lowest BCUT2D eigenvalue weighted by Crippen LogP contribution is -2.48. The first kappa shape index (κ1) is 24.6. The number of para-hydroxylation sites is 3. The number of nitrogens with zero attached hydrogens (tertiary/aromatic N) is 1. The summed E-state index contributed by atoms with van der Waals surface area (Å²) in [6.45, 7) is 3.26. The number of carbonyl (C=O) groups is 3. The normalized spacial score (nSPS) is 15.1. The van der Waals surface area contributed by atoms with Gasteiger partial charge in [-0.1, -0.05) is 35.9 Å². The zero-order valence-electron chi connectivity index (χ0n) is 19.0. The number of hydrogen-bond acceptors (Lipinski definition) is 6. The van der Waals surface area contributed by atoms with E-state index in [0.717, 1.165) is 28.2 Å². The Morgan fingerprint density at radius 1 is 1.15 bits per heavy atom. The quantitative estimate of drug-likeness (QED) is 0.421. The molecule has 2 aliphatic heterocycles. The van der Waals surface area contributed by atoms with E-state index in [9.17, 15) is 14.4 Å². The van der Waals surface area contributed by atoms with Crippen LogP contribution in [0.3, 0.4) is 0 Å². The molecule has 0 radical (unpaired) electrons. The third-order valence-corrected chi connectivity index (χ3v) is 5.66. The molecule has 0 aromatic heterocycles. The lowest BCUT2D eigenvalue weighted by Gasteiger charge is -2.32. The second kappa shape index (κ2) is 11.7. The fraction of sp³-hybridized carbons (Fsp3) is 0.320. The van der Waals surface area contributed by atoms with Crippen LogP contribution in [-0.4, -0.2) is 54.2 Å². The number of nitrogens with one attached hydrogen (secondary N) is 1. The van der Waals surface area contributed by atoms with Crippen LogP contribution in [0.15, 0.2) is 54.1 Å². The molecule has 0 aliphatic carbocycles. The minimum Gasteiger partial charge on any atom is -0.481 e. The summed E-state index contributed by atoms with van der Waals surface area (Å²) >= 11 is 0. The molecule has 4 rings (SSSR count). The fourth-order valence-electron chi connectivity index (χ4n) is 3.94. The number of benzene rings is 2. The molecule has 0 unspecified atom stereocenters. The zero-order chi connectivity index (χ0) is 24.5. The molecule has 9 nitrogen and oxygen atoms in total. The van der Waals surface area contributed by atoms with Crippen LogP contribution in [0.25, 0.3) is 5.57 Å². The summed E-state index contributed by atoms with van der Waals surface area (Å²) in [5.41, 5.74) is 9.91. The zero-order valence-corrected chi connectivity index (χ0v) is 19.0. The molecule has 180 valence electrons. The minimum atomic E-state index is -0.998. The number of carboxylic acid groups (broad SMARTS) is 1. The van der Waals surface area contributed by atoms with Crippen molar-refractivity contribution in [3.8, 4) is 11.5 Å². The van der Waals surface area contributed by atoms with E-state index in [4.69, 9.17) is 20.3 Å². The average molecular weight is 468 g/mol. The van der Waals surface area contributed by atoms with Gasteiger partial charge in [0.2, 0.25) is 19.1 Å². The fourth-order valence-corrected chi connectivity index (χ4v) is 3.94. The van der Waals surface area contributed by atoms with Crippen LogP contribution in [0, 0.1) is 0 Å². The highest BCUT2D eigenvalue weighted by Crippen LogP contribution is 2.31. The van der Waals surface area contributed by atoms with E-state index in [0.29, 0.717) is 38.4 Å². The van der Waals surface area contributed by atoms with Crippen LogP contribution in [-0.2, 0) is 14.4 Å². The maximum Gasteiger partial charge on any atom is 0.303 e. The molecule has 2 aromatic carbocycles. The summed E-state index contributed by atoms with van der Waals surface area (Å²) in [5.74, 6) is 0.435. The summed E-state index contributed by atoms with van der Waals surface area (Å²) in [6, 6.07) is 14.4. The number of anilines is 1. The third kappa shape index (κ3) is 6.28. The van der Waals surface area contributed by atoms with E-state index in [1.165, 1.54) is 0 Å². The Labute approximate surface area is 198 Å². The Morgan fingerprint density at radius 2 is 1.79 bits per heavy atom.